The van der Waals surface area contributed by atoms with Gasteiger partial charge in [-0.05, 0) is 6.92 Å². The lowest BCUT2D eigenvalue weighted by Gasteiger charge is -1.97. The van der Waals surface area contributed by atoms with Crippen LogP contribution in [0.3, 0.4) is 0 Å². The van der Waals surface area contributed by atoms with Crippen LogP contribution in [0, 0.1) is 0 Å². The van der Waals surface area contributed by atoms with E-state index in [4.69, 9.17) is 4.74 Å². The molecule has 0 saturated heterocycles. The van der Waals surface area contributed by atoms with Gasteiger partial charge in [-0.1, -0.05) is 0 Å². The van der Waals surface area contributed by atoms with Crippen LogP contribution in [0.15, 0.2) is 24.5 Å². The van der Waals surface area contributed by atoms with Crippen molar-refractivity contribution >= 4 is 5.97 Å². The highest BCUT2D eigenvalue weighted by atomic mass is 16.5. The van der Waals surface area contributed by atoms with Gasteiger partial charge in [-0.15, -0.1) is 0 Å². The second-order valence-electron chi connectivity index (χ2n) is 2.01. The highest BCUT2D eigenvalue weighted by Crippen LogP contribution is 1.96. The Bertz CT molecular complexity index is 233. The van der Waals surface area contributed by atoms with Crippen molar-refractivity contribution in [2.75, 3.05) is 6.61 Å². The zero-order valence-corrected chi connectivity index (χ0v) is 6.33. The number of ether oxygens (including phenoxy) is 1. The average Bonchev–Trinajstić information content (AvgIpc) is 2.07. The molecular formula is C8H10NO2+. The van der Waals surface area contributed by atoms with Gasteiger partial charge in [0.15, 0.2) is 12.4 Å². The molecule has 0 aliphatic carbocycles. The van der Waals surface area contributed by atoms with E-state index in [1.165, 1.54) is 0 Å². The van der Waals surface area contributed by atoms with Crippen molar-refractivity contribution in [3.63, 3.8) is 0 Å². The van der Waals surface area contributed by atoms with Crippen molar-refractivity contribution in [2.45, 2.75) is 6.92 Å². The molecule has 0 atom stereocenters. The van der Waals surface area contributed by atoms with Crippen LogP contribution in [0.4, 0.5) is 0 Å². The van der Waals surface area contributed by atoms with Gasteiger partial charge in [0.2, 0.25) is 0 Å². The molecule has 0 fully saturated rings. The molecule has 1 aromatic rings. The molecule has 3 nitrogen and oxygen atoms in total. The lowest BCUT2D eigenvalue weighted by Crippen LogP contribution is -2.07. The maximum Gasteiger partial charge on any atom is 0.338 e. The highest BCUT2D eigenvalue weighted by molar-refractivity contribution is 5.88. The van der Waals surface area contributed by atoms with E-state index >= 15 is 0 Å². The van der Waals surface area contributed by atoms with Crippen LogP contribution in [0.25, 0.3) is 0 Å². The zero-order valence-electron chi connectivity index (χ0n) is 6.33. The number of hydrogen-bond donors (Lipinski definition) is 0. The maximum absolute atomic E-state index is 11.0. The zero-order chi connectivity index (χ0) is 8.10. The summed E-state index contributed by atoms with van der Waals surface area (Å²) >= 11 is 0. The molecule has 0 aromatic carbocycles. The third kappa shape index (κ3) is 2.04. The minimum absolute atomic E-state index is 0.276. The number of nitrogens with one attached hydrogen (secondary N) is 1. The van der Waals surface area contributed by atoms with E-state index in [0.717, 1.165) is 0 Å². The van der Waals surface area contributed by atoms with Crippen LogP contribution in [-0.4, -0.2) is 12.6 Å². The molecule has 1 heterocycles. The van der Waals surface area contributed by atoms with E-state index in [0.29, 0.717) is 12.2 Å². The summed E-state index contributed by atoms with van der Waals surface area (Å²) in [6, 6.07) is 3.36. The molecule has 0 unspecified atom stereocenters. The molecule has 1 N–H and O–H groups in total. The van der Waals surface area contributed by atoms with E-state index in [-0.39, 0.29) is 5.97 Å². The lowest BCUT2D eigenvalue weighted by molar-refractivity contribution is -0.378. The number of pyridine rings is 1. The van der Waals surface area contributed by atoms with Gasteiger partial charge < -0.3 is 4.74 Å². The molecule has 1 rings (SSSR count). The first kappa shape index (κ1) is 7.72. The summed E-state index contributed by atoms with van der Waals surface area (Å²) < 4.78 is 4.78. The fraction of sp³-hybridized carbons (Fsp3) is 0.250. The summed E-state index contributed by atoms with van der Waals surface area (Å²) in [5.74, 6) is -0.276. The Morgan fingerprint density at radius 1 is 1.55 bits per heavy atom. The molecule has 0 bridgehead atoms. The predicted molar refractivity (Wildman–Crippen MR) is 39.0 cm³/mol. The van der Waals surface area contributed by atoms with Crippen LogP contribution in [0.1, 0.15) is 17.3 Å². The molecule has 11 heavy (non-hydrogen) atoms. The molecule has 1 aromatic heterocycles. The lowest BCUT2D eigenvalue weighted by atomic mass is 10.3. The fourth-order valence-corrected chi connectivity index (χ4v) is 0.737. The van der Waals surface area contributed by atoms with E-state index < -0.39 is 0 Å². The monoisotopic (exact) mass is 152 g/mol. The molecule has 3 heteroatoms. The number of carbonyl (C=O) groups is 1. The Kier molecular flexibility index (Phi) is 2.60. The van der Waals surface area contributed by atoms with Gasteiger partial charge in [0.1, 0.15) is 0 Å². The third-order valence-electron chi connectivity index (χ3n) is 1.23. The maximum atomic E-state index is 11.0. The van der Waals surface area contributed by atoms with Crippen molar-refractivity contribution in [2.24, 2.45) is 0 Å². The Morgan fingerprint density at radius 3 is 2.73 bits per heavy atom. The van der Waals surface area contributed by atoms with Crippen molar-refractivity contribution in [3.05, 3.63) is 30.1 Å². The number of esters is 1. The van der Waals surface area contributed by atoms with E-state index in [2.05, 4.69) is 4.98 Å². The van der Waals surface area contributed by atoms with E-state index in [1.54, 1.807) is 31.5 Å². The Balaban J connectivity index is 2.69. The number of H-pyrrole nitrogens is 1. The van der Waals surface area contributed by atoms with Gasteiger partial charge in [0.05, 0.1) is 12.2 Å². The number of carbonyl (C=O) groups excluding carboxylic acids is 1. The first-order valence-electron chi connectivity index (χ1n) is 3.48. The first-order valence-corrected chi connectivity index (χ1v) is 3.48. The van der Waals surface area contributed by atoms with Gasteiger partial charge >= 0.3 is 5.97 Å². The van der Waals surface area contributed by atoms with E-state index in [9.17, 15) is 4.79 Å². The predicted octanol–water partition coefficient (Wildman–Crippen LogP) is 0.677. The fourth-order valence-electron chi connectivity index (χ4n) is 0.737. The van der Waals surface area contributed by atoms with Gasteiger partial charge in [-0.2, -0.15) is 0 Å². The number of rotatable bonds is 2. The molecule has 0 amide bonds. The van der Waals surface area contributed by atoms with Crippen molar-refractivity contribution < 1.29 is 14.5 Å². The van der Waals surface area contributed by atoms with Crippen molar-refractivity contribution in [1.82, 2.24) is 0 Å². The van der Waals surface area contributed by atoms with Crippen LogP contribution in [0.5, 0.6) is 0 Å². The van der Waals surface area contributed by atoms with Crippen LogP contribution < -0.4 is 4.98 Å². The Morgan fingerprint density at radius 2 is 2.18 bits per heavy atom. The molecule has 58 valence electrons. The smallest absolute Gasteiger partial charge is 0.338 e. The quantitative estimate of drug-likeness (QED) is 0.584. The van der Waals surface area contributed by atoms with Gasteiger partial charge in [-0.25, -0.2) is 9.78 Å². The van der Waals surface area contributed by atoms with Crippen LogP contribution >= 0.6 is 0 Å². The summed E-state index contributed by atoms with van der Waals surface area (Å²) in [4.78, 5) is 13.8. The highest BCUT2D eigenvalue weighted by Gasteiger charge is 2.04. The molecular weight excluding hydrogens is 142 g/mol. The number of aromatic amines is 1. The third-order valence-corrected chi connectivity index (χ3v) is 1.23. The standard InChI is InChI=1S/C8H9NO2/c1-2-11-8(10)7-3-5-9-6-4-7/h3-6H,2H2,1H3/p+1. The van der Waals surface area contributed by atoms with E-state index in [1.807, 2.05) is 0 Å². The summed E-state index contributed by atoms with van der Waals surface area (Å²) in [7, 11) is 0. The topological polar surface area (TPSA) is 40.4 Å². The Labute approximate surface area is 65.0 Å². The van der Waals surface area contributed by atoms with Crippen LogP contribution in [-0.2, 0) is 4.74 Å². The van der Waals surface area contributed by atoms with Gasteiger partial charge in [0.25, 0.3) is 0 Å². The minimum Gasteiger partial charge on any atom is -0.462 e. The summed E-state index contributed by atoms with van der Waals surface area (Å²) in [5, 5.41) is 0. The molecule has 0 spiro atoms. The van der Waals surface area contributed by atoms with Crippen molar-refractivity contribution in [3.8, 4) is 0 Å². The second kappa shape index (κ2) is 3.71. The van der Waals surface area contributed by atoms with Crippen molar-refractivity contribution in [1.29, 1.82) is 0 Å². The SMILES string of the molecule is CCOC(=O)c1cc[nH+]cc1. The summed E-state index contributed by atoms with van der Waals surface area (Å²) in [5.41, 5.74) is 0.575. The Hall–Kier alpha value is -1.38. The molecule has 0 aliphatic rings. The number of aromatic nitrogens is 1. The van der Waals surface area contributed by atoms with Gasteiger partial charge in [0, 0.05) is 12.1 Å². The molecule has 0 saturated carbocycles. The molecule has 0 aliphatic heterocycles. The first-order chi connectivity index (χ1) is 5.34. The van der Waals surface area contributed by atoms with Gasteiger partial charge in [-0.3, -0.25) is 0 Å². The van der Waals surface area contributed by atoms with Crippen LogP contribution in [0.2, 0.25) is 0 Å². The molecule has 0 radical (unpaired) electrons. The minimum atomic E-state index is -0.276. The summed E-state index contributed by atoms with van der Waals surface area (Å²) in [6.07, 6.45) is 3.37. The normalized spacial score (nSPS) is 9.18. The summed E-state index contributed by atoms with van der Waals surface area (Å²) in [6.45, 7) is 2.20. The second-order valence-corrected chi connectivity index (χ2v) is 2.01. The number of hydrogen-bond acceptors (Lipinski definition) is 2. The average molecular weight is 152 g/mol. The largest absolute Gasteiger partial charge is 0.462 e.